The van der Waals surface area contributed by atoms with Crippen molar-refractivity contribution in [3.05, 3.63) is 77.4 Å². The molecule has 0 amide bonds. The van der Waals surface area contributed by atoms with Crippen molar-refractivity contribution in [2.75, 3.05) is 18.0 Å². The largest absolute Gasteiger partial charge is 0.355 e. The molecule has 1 saturated heterocycles. The molecule has 4 heterocycles. The molecule has 0 saturated carbocycles. The topological polar surface area (TPSA) is 72.3 Å². The second-order valence-corrected chi connectivity index (χ2v) is 9.15. The molecule has 176 valence electrons. The number of hydrogen-bond acceptors (Lipinski definition) is 5. The molecule has 1 aliphatic heterocycles. The van der Waals surface area contributed by atoms with Crippen molar-refractivity contribution in [2.45, 2.75) is 32.2 Å². The van der Waals surface area contributed by atoms with Gasteiger partial charge in [0.25, 0.3) is 0 Å². The lowest BCUT2D eigenvalue weighted by Crippen LogP contribution is -2.44. The summed E-state index contributed by atoms with van der Waals surface area (Å²) in [6.07, 6.45) is 5.59. The number of piperidine rings is 1. The van der Waals surface area contributed by atoms with Crippen LogP contribution in [-0.4, -0.2) is 32.7 Å². The summed E-state index contributed by atoms with van der Waals surface area (Å²) in [7, 11) is 0. The molecule has 1 fully saturated rings. The third kappa shape index (κ3) is 3.27. The molecule has 2 N–H and O–H groups in total. The van der Waals surface area contributed by atoms with Crippen molar-refractivity contribution in [2.24, 2.45) is 11.1 Å². The van der Waals surface area contributed by atoms with Crippen LogP contribution in [0.4, 0.5) is 14.6 Å². The first-order chi connectivity index (χ1) is 16.0. The maximum absolute atomic E-state index is 15.0. The number of pyridine rings is 1. The highest BCUT2D eigenvalue weighted by Crippen LogP contribution is 2.50. The Morgan fingerprint density at radius 1 is 1.06 bits per heavy atom. The lowest BCUT2D eigenvalue weighted by atomic mass is 9.73. The van der Waals surface area contributed by atoms with Gasteiger partial charge in [-0.3, -0.25) is 4.98 Å². The number of fused-ring (bicyclic) bond motifs is 2. The Hall–Kier alpha value is -3.10. The van der Waals surface area contributed by atoms with E-state index in [2.05, 4.69) is 21.0 Å². The van der Waals surface area contributed by atoms with E-state index in [9.17, 15) is 8.78 Å². The van der Waals surface area contributed by atoms with Gasteiger partial charge < -0.3 is 10.6 Å². The molecule has 1 atom stereocenters. The third-order valence-electron chi connectivity index (χ3n) is 7.39. The number of aryl methyl sites for hydroxylation is 1. The minimum Gasteiger partial charge on any atom is -0.355 e. The van der Waals surface area contributed by atoms with E-state index in [4.69, 9.17) is 10.7 Å². The van der Waals surface area contributed by atoms with Gasteiger partial charge in [0.15, 0.2) is 11.6 Å². The molecule has 1 spiro atoms. The summed E-state index contributed by atoms with van der Waals surface area (Å²) in [6.45, 7) is 3.21. The van der Waals surface area contributed by atoms with Crippen LogP contribution in [0.5, 0.6) is 0 Å². The third-order valence-corrected chi connectivity index (χ3v) is 7.39. The number of rotatable bonds is 2. The van der Waals surface area contributed by atoms with Crippen LogP contribution in [-0.2, 0) is 6.42 Å². The highest BCUT2D eigenvalue weighted by Gasteiger charge is 2.47. The summed E-state index contributed by atoms with van der Waals surface area (Å²) in [5.74, 6) is -0.320. The molecular weight excluding hydrogens is 458 g/mol. The summed E-state index contributed by atoms with van der Waals surface area (Å²) in [6, 6.07) is 10.4. The Morgan fingerprint density at radius 2 is 1.82 bits per heavy atom. The van der Waals surface area contributed by atoms with E-state index in [-0.39, 0.29) is 29.4 Å². The molecule has 6 nitrogen and oxygen atoms in total. The first-order valence-corrected chi connectivity index (χ1v) is 11.2. The summed E-state index contributed by atoms with van der Waals surface area (Å²) >= 11 is 0. The Labute approximate surface area is 202 Å². The molecule has 34 heavy (non-hydrogen) atoms. The van der Waals surface area contributed by atoms with E-state index in [1.54, 1.807) is 18.2 Å². The Kier molecular flexibility index (Phi) is 5.53. The van der Waals surface area contributed by atoms with E-state index in [1.165, 1.54) is 16.8 Å². The van der Waals surface area contributed by atoms with Gasteiger partial charge in [-0.2, -0.15) is 5.10 Å². The van der Waals surface area contributed by atoms with Crippen LogP contribution in [0.15, 0.2) is 48.8 Å². The fourth-order valence-corrected chi connectivity index (χ4v) is 5.61. The van der Waals surface area contributed by atoms with E-state index >= 15 is 0 Å². The zero-order chi connectivity index (χ0) is 22.7. The minimum absolute atomic E-state index is 0. The summed E-state index contributed by atoms with van der Waals surface area (Å²) in [4.78, 5) is 11.4. The van der Waals surface area contributed by atoms with Gasteiger partial charge >= 0.3 is 0 Å². The Morgan fingerprint density at radius 3 is 2.56 bits per heavy atom. The molecule has 1 aromatic carbocycles. The standard InChI is InChI=1S/C25H24F2N6.ClH/c1-15-21(16-5-2-3-7-18(16)26)33-22(19(27)14-30-33)24(31-15)32-11-8-25(9-12-32)13-20-17(23(25)28)6-4-10-29-20;/h2-7,10,14,23H,8-9,11-13,28H2,1H3;1H/t23-;/m1./s1. The van der Waals surface area contributed by atoms with Gasteiger partial charge in [0, 0.05) is 36.6 Å². The van der Waals surface area contributed by atoms with Gasteiger partial charge in [-0.25, -0.2) is 18.3 Å². The average molecular weight is 483 g/mol. The van der Waals surface area contributed by atoms with Crippen molar-refractivity contribution >= 4 is 23.7 Å². The normalized spacial score (nSPS) is 18.8. The van der Waals surface area contributed by atoms with Crippen LogP contribution in [0.2, 0.25) is 0 Å². The summed E-state index contributed by atoms with van der Waals surface area (Å²) in [5, 5.41) is 4.24. The zero-order valence-electron chi connectivity index (χ0n) is 18.7. The fourth-order valence-electron chi connectivity index (χ4n) is 5.61. The van der Waals surface area contributed by atoms with Gasteiger partial charge in [0.1, 0.15) is 11.3 Å². The van der Waals surface area contributed by atoms with Crippen LogP contribution in [0.3, 0.4) is 0 Å². The van der Waals surface area contributed by atoms with Gasteiger partial charge in [-0.15, -0.1) is 12.4 Å². The van der Waals surface area contributed by atoms with Crippen LogP contribution in [0.1, 0.15) is 35.8 Å². The SMILES string of the molecule is Cc1nc(N2CCC3(CC2)Cc2ncccc2[C@H]3N)c2c(F)cnn2c1-c1ccccc1F.Cl. The summed E-state index contributed by atoms with van der Waals surface area (Å²) < 4.78 is 31.0. The smallest absolute Gasteiger partial charge is 0.172 e. The van der Waals surface area contributed by atoms with E-state index in [0.29, 0.717) is 35.9 Å². The predicted molar refractivity (Wildman–Crippen MR) is 129 cm³/mol. The minimum atomic E-state index is -0.468. The number of aromatic nitrogens is 4. The molecule has 1 aliphatic carbocycles. The number of hydrogen-bond donors (Lipinski definition) is 1. The van der Waals surface area contributed by atoms with Gasteiger partial charge in [-0.05, 0) is 55.4 Å². The highest BCUT2D eigenvalue weighted by atomic mass is 35.5. The van der Waals surface area contributed by atoms with Crippen molar-refractivity contribution < 1.29 is 8.78 Å². The maximum atomic E-state index is 15.0. The second kappa shape index (κ2) is 8.29. The van der Waals surface area contributed by atoms with Crippen molar-refractivity contribution in [1.29, 1.82) is 0 Å². The molecule has 6 rings (SSSR count). The number of benzene rings is 1. The van der Waals surface area contributed by atoms with Crippen molar-refractivity contribution in [3.63, 3.8) is 0 Å². The van der Waals surface area contributed by atoms with E-state index in [1.807, 2.05) is 19.2 Å². The lowest BCUT2D eigenvalue weighted by Gasteiger charge is -2.42. The Bertz CT molecular complexity index is 1380. The van der Waals surface area contributed by atoms with Crippen molar-refractivity contribution in [1.82, 2.24) is 19.6 Å². The number of anilines is 1. The molecule has 0 unspecified atom stereocenters. The summed E-state index contributed by atoms with van der Waals surface area (Å²) in [5.41, 5.74) is 10.5. The van der Waals surface area contributed by atoms with Gasteiger partial charge in [0.2, 0.25) is 0 Å². The zero-order valence-corrected chi connectivity index (χ0v) is 19.5. The quantitative estimate of drug-likeness (QED) is 0.450. The van der Waals surface area contributed by atoms with Crippen LogP contribution >= 0.6 is 12.4 Å². The number of halogens is 3. The number of nitrogens with zero attached hydrogens (tertiary/aromatic N) is 5. The molecule has 9 heteroatoms. The lowest BCUT2D eigenvalue weighted by molar-refractivity contribution is 0.186. The van der Waals surface area contributed by atoms with Crippen LogP contribution < -0.4 is 10.6 Å². The van der Waals surface area contributed by atoms with E-state index in [0.717, 1.165) is 30.5 Å². The molecule has 3 aromatic heterocycles. The first kappa shape index (κ1) is 22.7. The molecule has 0 radical (unpaired) electrons. The Balaban J connectivity index is 0.00000241. The predicted octanol–water partition coefficient (Wildman–Crippen LogP) is 4.64. The first-order valence-electron chi connectivity index (χ1n) is 11.2. The van der Waals surface area contributed by atoms with Gasteiger partial charge in [-0.1, -0.05) is 18.2 Å². The second-order valence-electron chi connectivity index (χ2n) is 9.15. The fraction of sp³-hybridized carbons (Fsp3) is 0.320. The molecule has 4 aromatic rings. The maximum Gasteiger partial charge on any atom is 0.172 e. The van der Waals surface area contributed by atoms with Crippen molar-refractivity contribution in [3.8, 4) is 11.3 Å². The molecular formula is C25H25ClF2N6. The van der Waals surface area contributed by atoms with Gasteiger partial charge in [0.05, 0.1) is 17.6 Å². The number of nitrogens with two attached hydrogens (primary N) is 1. The van der Waals surface area contributed by atoms with E-state index < -0.39 is 11.6 Å². The molecule has 2 aliphatic rings. The molecule has 0 bridgehead atoms. The highest BCUT2D eigenvalue weighted by molar-refractivity contribution is 5.85. The van der Waals surface area contributed by atoms with Crippen LogP contribution in [0, 0.1) is 24.0 Å². The monoisotopic (exact) mass is 482 g/mol. The van der Waals surface area contributed by atoms with Crippen LogP contribution in [0.25, 0.3) is 16.8 Å². The average Bonchev–Trinajstić information content (AvgIpc) is 3.33.